The van der Waals surface area contributed by atoms with Gasteiger partial charge in [-0.05, 0) is 40.9 Å². The van der Waals surface area contributed by atoms with Gasteiger partial charge in [-0.25, -0.2) is 4.79 Å². The van der Waals surface area contributed by atoms with Gasteiger partial charge < -0.3 is 10.0 Å². The molecule has 4 nitrogen and oxygen atoms in total. The van der Waals surface area contributed by atoms with E-state index < -0.39 is 12.0 Å². The largest absolute Gasteiger partial charge is 0.480 e. The van der Waals surface area contributed by atoms with Crippen LogP contribution >= 0.6 is 27.3 Å². The molecule has 1 aliphatic rings. The molecule has 1 aliphatic heterocycles. The van der Waals surface area contributed by atoms with Gasteiger partial charge in [0.2, 0.25) is 5.91 Å². The highest BCUT2D eigenvalue weighted by atomic mass is 79.9. The van der Waals surface area contributed by atoms with Gasteiger partial charge in [-0.3, -0.25) is 4.79 Å². The summed E-state index contributed by atoms with van der Waals surface area (Å²) in [5, 5.41) is 9.00. The zero-order chi connectivity index (χ0) is 12.4. The molecule has 2 heterocycles. The van der Waals surface area contributed by atoms with Crippen molar-refractivity contribution < 1.29 is 14.7 Å². The molecule has 0 aliphatic carbocycles. The van der Waals surface area contributed by atoms with Gasteiger partial charge in [0, 0.05) is 11.4 Å². The average molecular weight is 318 g/mol. The molecule has 1 amide bonds. The van der Waals surface area contributed by atoms with Crippen molar-refractivity contribution in [3.05, 3.63) is 20.8 Å². The molecule has 0 saturated carbocycles. The molecule has 92 valence electrons. The number of hydrogen-bond donors (Lipinski definition) is 1. The molecule has 2 rings (SSSR count). The number of rotatable bonds is 3. The third-order valence-corrected chi connectivity index (χ3v) is 4.44. The Morgan fingerprint density at radius 2 is 2.29 bits per heavy atom. The van der Waals surface area contributed by atoms with Gasteiger partial charge >= 0.3 is 5.97 Å². The lowest BCUT2D eigenvalue weighted by atomic mass is 10.2. The van der Waals surface area contributed by atoms with Crippen molar-refractivity contribution in [1.29, 1.82) is 0 Å². The van der Waals surface area contributed by atoms with E-state index in [-0.39, 0.29) is 5.91 Å². The van der Waals surface area contributed by atoms with E-state index in [1.165, 1.54) is 16.2 Å². The second-order valence-electron chi connectivity index (χ2n) is 3.97. The maximum Gasteiger partial charge on any atom is 0.326 e. The van der Waals surface area contributed by atoms with Crippen molar-refractivity contribution >= 4 is 39.1 Å². The molecular weight excluding hydrogens is 306 g/mol. The second-order valence-corrected chi connectivity index (χ2v) is 6.51. The van der Waals surface area contributed by atoms with E-state index in [0.717, 1.165) is 15.1 Å². The minimum Gasteiger partial charge on any atom is -0.480 e. The first-order valence-electron chi connectivity index (χ1n) is 5.34. The first-order valence-corrected chi connectivity index (χ1v) is 6.95. The second kappa shape index (κ2) is 5.18. The molecule has 0 bridgehead atoms. The van der Waals surface area contributed by atoms with Crippen molar-refractivity contribution in [2.45, 2.75) is 25.3 Å². The van der Waals surface area contributed by atoms with Gasteiger partial charge in [-0.1, -0.05) is 0 Å². The lowest BCUT2D eigenvalue weighted by molar-refractivity contribution is -0.147. The molecule has 1 aromatic rings. The van der Waals surface area contributed by atoms with Crippen molar-refractivity contribution in [3.8, 4) is 0 Å². The van der Waals surface area contributed by atoms with E-state index >= 15 is 0 Å². The Hall–Kier alpha value is -0.880. The third kappa shape index (κ3) is 2.87. The van der Waals surface area contributed by atoms with Crippen LogP contribution in [0.4, 0.5) is 0 Å². The van der Waals surface area contributed by atoms with Crippen molar-refractivity contribution in [1.82, 2.24) is 4.90 Å². The fourth-order valence-electron chi connectivity index (χ4n) is 2.02. The number of likely N-dealkylation sites (tertiary alicyclic amines) is 1. The van der Waals surface area contributed by atoms with Crippen LogP contribution in [0.2, 0.25) is 0 Å². The number of carboxylic acids is 1. The van der Waals surface area contributed by atoms with Crippen molar-refractivity contribution in [3.63, 3.8) is 0 Å². The molecule has 17 heavy (non-hydrogen) atoms. The quantitative estimate of drug-likeness (QED) is 0.929. The third-order valence-electron chi connectivity index (χ3n) is 2.81. The summed E-state index contributed by atoms with van der Waals surface area (Å²) in [7, 11) is 0. The Morgan fingerprint density at radius 1 is 1.53 bits per heavy atom. The fraction of sp³-hybridized carbons (Fsp3) is 0.455. The summed E-state index contributed by atoms with van der Waals surface area (Å²) in [4.78, 5) is 25.4. The molecule has 0 spiro atoms. The highest BCUT2D eigenvalue weighted by molar-refractivity contribution is 9.11. The maximum absolute atomic E-state index is 12.0. The van der Waals surface area contributed by atoms with Crippen LogP contribution in [0.1, 0.15) is 17.7 Å². The molecule has 1 fully saturated rings. The summed E-state index contributed by atoms with van der Waals surface area (Å²) in [5.41, 5.74) is 0. The molecule has 1 atom stereocenters. The molecule has 0 aromatic carbocycles. The highest BCUT2D eigenvalue weighted by Crippen LogP contribution is 2.24. The van der Waals surface area contributed by atoms with E-state index in [9.17, 15) is 9.59 Å². The first kappa shape index (κ1) is 12.6. The number of amides is 1. The molecule has 1 N–H and O–H groups in total. The standard InChI is InChI=1S/C11H12BrNO3S/c12-9-4-3-7(17-9)6-10(14)13-5-1-2-8(13)11(15)16/h3-4,8H,1-2,5-6H2,(H,15,16). The fourth-order valence-corrected chi connectivity index (χ4v) is 3.49. The van der Waals surface area contributed by atoms with Crippen LogP contribution in [0.3, 0.4) is 0 Å². The van der Waals surface area contributed by atoms with Crippen LogP contribution in [0, 0.1) is 0 Å². The van der Waals surface area contributed by atoms with Gasteiger partial charge in [0.15, 0.2) is 0 Å². The van der Waals surface area contributed by atoms with Gasteiger partial charge in [-0.15, -0.1) is 11.3 Å². The molecule has 6 heteroatoms. The predicted octanol–water partition coefficient (Wildman–Crippen LogP) is 2.13. The van der Waals surface area contributed by atoms with Gasteiger partial charge in [0.05, 0.1) is 10.2 Å². The zero-order valence-electron chi connectivity index (χ0n) is 9.06. The zero-order valence-corrected chi connectivity index (χ0v) is 11.5. The Balaban J connectivity index is 2.02. The summed E-state index contributed by atoms with van der Waals surface area (Å²) >= 11 is 4.85. The van der Waals surface area contributed by atoms with Gasteiger partial charge in [-0.2, -0.15) is 0 Å². The van der Waals surface area contributed by atoms with Crippen LogP contribution in [0.5, 0.6) is 0 Å². The predicted molar refractivity (Wildman–Crippen MR) is 68.1 cm³/mol. The number of nitrogens with zero attached hydrogens (tertiary/aromatic N) is 1. The average Bonchev–Trinajstić information content (AvgIpc) is 2.86. The number of carbonyl (C=O) groups is 2. The minimum absolute atomic E-state index is 0.0933. The lowest BCUT2D eigenvalue weighted by Gasteiger charge is -2.20. The molecular formula is C11H12BrNO3S. The number of carboxylic acid groups (broad SMARTS) is 1. The Bertz CT molecular complexity index is 446. The summed E-state index contributed by atoms with van der Waals surface area (Å²) in [5.74, 6) is -0.993. The van der Waals surface area contributed by atoms with Crippen LogP contribution in [0.15, 0.2) is 15.9 Å². The van der Waals surface area contributed by atoms with Gasteiger partial charge in [0.1, 0.15) is 6.04 Å². The number of hydrogen-bond acceptors (Lipinski definition) is 3. The summed E-state index contributed by atoms with van der Waals surface area (Å²) in [6.45, 7) is 0.558. The molecule has 0 radical (unpaired) electrons. The van der Waals surface area contributed by atoms with Crippen LogP contribution < -0.4 is 0 Å². The summed E-state index contributed by atoms with van der Waals surface area (Å²) in [6.07, 6.45) is 1.63. The molecule has 1 unspecified atom stereocenters. The number of thiophene rings is 1. The Kier molecular flexibility index (Phi) is 3.83. The van der Waals surface area contributed by atoms with E-state index in [4.69, 9.17) is 5.11 Å². The van der Waals surface area contributed by atoms with Crippen LogP contribution in [-0.2, 0) is 16.0 Å². The molecule has 1 saturated heterocycles. The normalized spacial score (nSPS) is 19.6. The van der Waals surface area contributed by atoms with E-state index in [0.29, 0.717) is 19.4 Å². The minimum atomic E-state index is -0.900. The van der Waals surface area contributed by atoms with Gasteiger partial charge in [0.25, 0.3) is 0 Å². The number of aliphatic carboxylic acids is 1. The Labute approximate surface area is 111 Å². The maximum atomic E-state index is 12.0. The number of carbonyl (C=O) groups excluding carboxylic acids is 1. The highest BCUT2D eigenvalue weighted by Gasteiger charge is 2.33. The van der Waals surface area contributed by atoms with E-state index in [1.54, 1.807) is 0 Å². The Morgan fingerprint density at radius 3 is 2.88 bits per heavy atom. The monoisotopic (exact) mass is 317 g/mol. The summed E-state index contributed by atoms with van der Waals surface area (Å²) in [6, 6.07) is 3.15. The van der Waals surface area contributed by atoms with E-state index in [2.05, 4.69) is 15.9 Å². The molecule has 1 aromatic heterocycles. The summed E-state index contributed by atoms with van der Waals surface area (Å²) < 4.78 is 0.983. The SMILES string of the molecule is O=C(O)C1CCCN1C(=O)Cc1ccc(Br)s1. The van der Waals surface area contributed by atoms with E-state index in [1.807, 2.05) is 12.1 Å². The van der Waals surface area contributed by atoms with Crippen LogP contribution in [0.25, 0.3) is 0 Å². The smallest absolute Gasteiger partial charge is 0.326 e. The van der Waals surface area contributed by atoms with Crippen molar-refractivity contribution in [2.24, 2.45) is 0 Å². The van der Waals surface area contributed by atoms with Crippen molar-refractivity contribution in [2.75, 3.05) is 6.54 Å². The lowest BCUT2D eigenvalue weighted by Crippen LogP contribution is -2.41. The van der Waals surface area contributed by atoms with Crippen LogP contribution in [-0.4, -0.2) is 34.5 Å². The first-order chi connectivity index (χ1) is 8.08. The topological polar surface area (TPSA) is 57.6 Å². The number of halogens is 1.